The molecule has 0 aliphatic heterocycles. The Kier molecular flexibility index (Phi) is 2.45. The molecule has 3 nitrogen and oxygen atoms in total. The SMILES string of the molecule is Fc1cccc(Cn2cnnc2Cl)c1. The van der Waals surface area contributed by atoms with Crippen LogP contribution in [-0.4, -0.2) is 14.8 Å². The molecule has 0 aliphatic rings. The zero-order valence-electron chi connectivity index (χ0n) is 7.19. The Labute approximate surface area is 85.1 Å². The highest BCUT2D eigenvalue weighted by atomic mass is 35.5. The highest BCUT2D eigenvalue weighted by molar-refractivity contribution is 6.28. The second-order valence-corrected chi connectivity index (χ2v) is 3.20. The minimum absolute atomic E-state index is 0.258. The lowest BCUT2D eigenvalue weighted by Gasteiger charge is -2.02. The first-order valence-corrected chi connectivity index (χ1v) is 4.41. The third-order valence-corrected chi connectivity index (χ3v) is 2.10. The van der Waals surface area contributed by atoms with E-state index in [1.54, 1.807) is 10.6 Å². The van der Waals surface area contributed by atoms with Crippen molar-refractivity contribution in [2.75, 3.05) is 0 Å². The molecular formula is C9H7ClFN3. The minimum atomic E-state index is -0.258. The fourth-order valence-electron chi connectivity index (χ4n) is 1.18. The Morgan fingerprint density at radius 1 is 1.43 bits per heavy atom. The predicted molar refractivity (Wildman–Crippen MR) is 50.5 cm³/mol. The maximum Gasteiger partial charge on any atom is 0.225 e. The number of aromatic nitrogens is 3. The summed E-state index contributed by atoms with van der Waals surface area (Å²) in [6, 6.07) is 6.33. The number of hydrogen-bond acceptors (Lipinski definition) is 2. The maximum atomic E-state index is 12.8. The Bertz CT molecular complexity index is 441. The van der Waals surface area contributed by atoms with E-state index in [9.17, 15) is 4.39 Å². The fourth-order valence-corrected chi connectivity index (χ4v) is 1.33. The van der Waals surface area contributed by atoms with Crippen LogP contribution in [0.5, 0.6) is 0 Å². The summed E-state index contributed by atoms with van der Waals surface area (Å²) in [6.07, 6.45) is 1.51. The summed E-state index contributed by atoms with van der Waals surface area (Å²) in [7, 11) is 0. The summed E-state index contributed by atoms with van der Waals surface area (Å²) in [5.41, 5.74) is 0.826. The van der Waals surface area contributed by atoms with Gasteiger partial charge in [0.15, 0.2) is 0 Å². The van der Waals surface area contributed by atoms with Gasteiger partial charge < -0.3 is 0 Å². The molecule has 0 atom stereocenters. The van der Waals surface area contributed by atoms with Crippen LogP contribution in [0, 0.1) is 5.82 Å². The van der Waals surface area contributed by atoms with Gasteiger partial charge in [-0.3, -0.25) is 4.57 Å². The third kappa shape index (κ3) is 1.90. The van der Waals surface area contributed by atoms with Gasteiger partial charge in [0.05, 0.1) is 6.54 Å². The van der Waals surface area contributed by atoms with Crippen molar-refractivity contribution in [1.82, 2.24) is 14.8 Å². The quantitative estimate of drug-likeness (QED) is 0.762. The van der Waals surface area contributed by atoms with Crippen LogP contribution >= 0.6 is 11.6 Å². The lowest BCUT2D eigenvalue weighted by molar-refractivity contribution is 0.623. The molecule has 72 valence electrons. The molecule has 0 bridgehead atoms. The zero-order chi connectivity index (χ0) is 9.97. The van der Waals surface area contributed by atoms with Crippen molar-refractivity contribution in [2.24, 2.45) is 0 Å². The largest absolute Gasteiger partial charge is 0.300 e. The maximum absolute atomic E-state index is 12.8. The van der Waals surface area contributed by atoms with Crippen molar-refractivity contribution in [1.29, 1.82) is 0 Å². The number of benzene rings is 1. The van der Waals surface area contributed by atoms with Gasteiger partial charge in [-0.25, -0.2) is 4.39 Å². The third-order valence-electron chi connectivity index (χ3n) is 1.81. The normalized spacial score (nSPS) is 10.4. The van der Waals surface area contributed by atoms with Crippen LogP contribution in [0.15, 0.2) is 30.6 Å². The van der Waals surface area contributed by atoms with E-state index in [-0.39, 0.29) is 5.82 Å². The predicted octanol–water partition coefficient (Wildman–Crippen LogP) is 2.12. The van der Waals surface area contributed by atoms with E-state index in [2.05, 4.69) is 10.2 Å². The smallest absolute Gasteiger partial charge is 0.225 e. The van der Waals surface area contributed by atoms with Crippen LogP contribution in [0.1, 0.15) is 5.56 Å². The van der Waals surface area contributed by atoms with E-state index in [0.29, 0.717) is 11.8 Å². The average molecular weight is 212 g/mol. The number of nitrogens with zero attached hydrogens (tertiary/aromatic N) is 3. The van der Waals surface area contributed by atoms with Crippen LogP contribution in [0.3, 0.4) is 0 Å². The summed E-state index contributed by atoms with van der Waals surface area (Å²) in [6.45, 7) is 0.476. The van der Waals surface area contributed by atoms with Crippen LogP contribution in [0.25, 0.3) is 0 Å². The van der Waals surface area contributed by atoms with Gasteiger partial charge in [0.25, 0.3) is 0 Å². The number of halogens is 2. The molecule has 0 radical (unpaired) electrons. The lowest BCUT2D eigenvalue weighted by Crippen LogP contribution is -1.98. The van der Waals surface area contributed by atoms with E-state index in [0.717, 1.165) is 5.56 Å². The molecular weight excluding hydrogens is 205 g/mol. The second kappa shape index (κ2) is 3.75. The van der Waals surface area contributed by atoms with Gasteiger partial charge in [0.1, 0.15) is 12.1 Å². The first kappa shape index (κ1) is 9.15. The van der Waals surface area contributed by atoms with Gasteiger partial charge in [-0.2, -0.15) is 0 Å². The van der Waals surface area contributed by atoms with E-state index >= 15 is 0 Å². The van der Waals surface area contributed by atoms with E-state index in [1.807, 2.05) is 6.07 Å². The molecule has 2 aromatic rings. The Hall–Kier alpha value is -1.42. The molecule has 14 heavy (non-hydrogen) atoms. The number of hydrogen-bond donors (Lipinski definition) is 0. The van der Waals surface area contributed by atoms with Crippen molar-refractivity contribution in [3.63, 3.8) is 0 Å². The van der Waals surface area contributed by atoms with Crippen molar-refractivity contribution >= 4 is 11.6 Å². The van der Waals surface area contributed by atoms with Gasteiger partial charge in [0.2, 0.25) is 5.28 Å². The number of rotatable bonds is 2. The summed E-state index contributed by atoms with van der Waals surface area (Å²) >= 11 is 5.73. The molecule has 1 heterocycles. The van der Waals surface area contributed by atoms with E-state index < -0.39 is 0 Å². The summed E-state index contributed by atoms with van der Waals surface area (Å²) in [4.78, 5) is 0. The summed E-state index contributed by atoms with van der Waals surface area (Å²) in [5.74, 6) is -0.258. The average Bonchev–Trinajstić information content (AvgIpc) is 2.52. The molecule has 0 N–H and O–H groups in total. The Balaban J connectivity index is 2.23. The van der Waals surface area contributed by atoms with Crippen molar-refractivity contribution in [3.05, 3.63) is 47.3 Å². The van der Waals surface area contributed by atoms with Gasteiger partial charge in [-0.15, -0.1) is 10.2 Å². The molecule has 0 aliphatic carbocycles. The minimum Gasteiger partial charge on any atom is -0.300 e. The molecule has 0 saturated carbocycles. The molecule has 0 saturated heterocycles. The highest BCUT2D eigenvalue weighted by Crippen LogP contribution is 2.09. The molecule has 0 spiro atoms. The molecule has 2 rings (SSSR count). The first-order valence-electron chi connectivity index (χ1n) is 4.03. The molecule has 0 amide bonds. The van der Waals surface area contributed by atoms with Crippen LogP contribution in [0.2, 0.25) is 5.28 Å². The van der Waals surface area contributed by atoms with E-state index in [4.69, 9.17) is 11.6 Å². The second-order valence-electron chi connectivity index (χ2n) is 2.86. The molecule has 1 aromatic heterocycles. The Morgan fingerprint density at radius 2 is 2.29 bits per heavy atom. The Morgan fingerprint density at radius 3 is 2.93 bits per heavy atom. The van der Waals surface area contributed by atoms with Gasteiger partial charge >= 0.3 is 0 Å². The monoisotopic (exact) mass is 211 g/mol. The van der Waals surface area contributed by atoms with Gasteiger partial charge in [-0.05, 0) is 29.3 Å². The first-order chi connectivity index (χ1) is 6.75. The molecule has 5 heteroatoms. The van der Waals surface area contributed by atoms with Crippen LogP contribution in [0.4, 0.5) is 4.39 Å². The summed E-state index contributed by atoms with van der Waals surface area (Å²) in [5, 5.41) is 7.55. The van der Waals surface area contributed by atoms with Gasteiger partial charge in [-0.1, -0.05) is 12.1 Å². The van der Waals surface area contributed by atoms with Crippen molar-refractivity contribution < 1.29 is 4.39 Å². The van der Waals surface area contributed by atoms with Crippen molar-refractivity contribution in [2.45, 2.75) is 6.54 Å². The topological polar surface area (TPSA) is 30.7 Å². The molecule has 1 aromatic carbocycles. The zero-order valence-corrected chi connectivity index (χ0v) is 7.95. The van der Waals surface area contributed by atoms with Gasteiger partial charge in [0, 0.05) is 0 Å². The fraction of sp³-hybridized carbons (Fsp3) is 0.111. The van der Waals surface area contributed by atoms with Crippen molar-refractivity contribution in [3.8, 4) is 0 Å². The molecule has 0 fully saturated rings. The highest BCUT2D eigenvalue weighted by Gasteiger charge is 2.01. The van der Waals surface area contributed by atoms with E-state index in [1.165, 1.54) is 18.5 Å². The molecule has 0 unspecified atom stereocenters. The lowest BCUT2D eigenvalue weighted by atomic mass is 10.2. The summed E-state index contributed by atoms with van der Waals surface area (Å²) < 4.78 is 14.5. The van der Waals surface area contributed by atoms with Crippen LogP contribution in [-0.2, 0) is 6.54 Å². The van der Waals surface area contributed by atoms with Crippen LogP contribution < -0.4 is 0 Å². The standard InChI is InChI=1S/C9H7ClFN3/c10-9-13-12-6-14(9)5-7-2-1-3-8(11)4-7/h1-4,6H,5H2.